The number of likely N-dealkylation sites (tertiary alicyclic amines) is 1. The highest BCUT2D eigenvalue weighted by atomic mass is 35.5. The lowest BCUT2D eigenvalue weighted by molar-refractivity contribution is -0.274. The Hall–Kier alpha value is -2.45. The SMILES string of the molecule is CNC(=O)C1CN(Cc2ccc(OCc3ccc(Cl)c(OC(F)(F)F)c3)cc2)C1. The molecule has 0 unspecified atom stereocenters. The number of hydrogen-bond donors (Lipinski definition) is 1. The fraction of sp³-hybridized carbons (Fsp3) is 0.350. The molecule has 3 rings (SSSR count). The van der Waals surface area contributed by atoms with Gasteiger partial charge in [-0.05, 0) is 35.4 Å². The van der Waals surface area contributed by atoms with Crippen LogP contribution < -0.4 is 14.8 Å². The van der Waals surface area contributed by atoms with Gasteiger partial charge >= 0.3 is 6.36 Å². The molecule has 9 heteroatoms. The molecule has 0 atom stereocenters. The fourth-order valence-electron chi connectivity index (χ4n) is 3.03. The second-order valence-electron chi connectivity index (χ2n) is 6.75. The molecule has 0 radical (unpaired) electrons. The Morgan fingerprint density at radius 2 is 1.83 bits per heavy atom. The van der Waals surface area contributed by atoms with Crippen molar-refractivity contribution in [2.45, 2.75) is 19.5 Å². The van der Waals surface area contributed by atoms with E-state index in [-0.39, 0.29) is 23.5 Å². The van der Waals surface area contributed by atoms with Crippen molar-refractivity contribution in [2.24, 2.45) is 5.92 Å². The second-order valence-corrected chi connectivity index (χ2v) is 7.16. The molecule has 156 valence electrons. The molecule has 1 N–H and O–H groups in total. The maximum Gasteiger partial charge on any atom is 0.573 e. The molecule has 0 bridgehead atoms. The summed E-state index contributed by atoms with van der Waals surface area (Å²) in [7, 11) is 1.64. The summed E-state index contributed by atoms with van der Waals surface area (Å²) in [6, 6.07) is 11.6. The van der Waals surface area contributed by atoms with Crippen molar-refractivity contribution >= 4 is 17.5 Å². The van der Waals surface area contributed by atoms with Crippen LogP contribution in [0.4, 0.5) is 13.2 Å². The zero-order valence-corrected chi connectivity index (χ0v) is 16.4. The Kier molecular flexibility index (Phi) is 6.54. The molecular formula is C20H20ClF3N2O3. The van der Waals surface area contributed by atoms with Crippen molar-refractivity contribution in [1.29, 1.82) is 0 Å². The van der Waals surface area contributed by atoms with Crippen LogP contribution in [0.2, 0.25) is 5.02 Å². The van der Waals surface area contributed by atoms with E-state index in [0.717, 1.165) is 25.2 Å². The van der Waals surface area contributed by atoms with E-state index in [4.69, 9.17) is 16.3 Å². The second kappa shape index (κ2) is 8.92. The third-order valence-electron chi connectivity index (χ3n) is 4.53. The third kappa shape index (κ3) is 6.01. The quantitative estimate of drug-likeness (QED) is 0.724. The molecule has 0 aliphatic carbocycles. The molecule has 2 aromatic carbocycles. The minimum Gasteiger partial charge on any atom is -0.489 e. The lowest BCUT2D eigenvalue weighted by Gasteiger charge is -2.38. The molecule has 1 amide bonds. The standard InChI is InChI=1S/C20H20ClF3N2O3/c1-25-19(27)15-10-26(11-15)9-13-2-5-16(6-3-13)28-12-14-4-7-17(21)18(8-14)29-20(22,23)24/h2-8,15H,9-12H2,1H3,(H,25,27). The van der Waals surface area contributed by atoms with Gasteiger partial charge in [0.05, 0.1) is 10.9 Å². The number of nitrogens with one attached hydrogen (secondary N) is 1. The number of carbonyl (C=O) groups is 1. The van der Waals surface area contributed by atoms with Crippen LogP contribution in [0.3, 0.4) is 0 Å². The number of benzene rings is 2. The van der Waals surface area contributed by atoms with Crippen LogP contribution in [0.15, 0.2) is 42.5 Å². The highest BCUT2D eigenvalue weighted by Crippen LogP contribution is 2.31. The zero-order chi connectivity index (χ0) is 21.0. The van der Waals surface area contributed by atoms with E-state index >= 15 is 0 Å². The predicted molar refractivity (Wildman–Crippen MR) is 102 cm³/mol. The van der Waals surface area contributed by atoms with Gasteiger partial charge in [-0.1, -0.05) is 29.8 Å². The molecule has 1 heterocycles. The molecule has 1 aliphatic heterocycles. The molecule has 5 nitrogen and oxygen atoms in total. The van der Waals surface area contributed by atoms with Gasteiger partial charge in [0, 0.05) is 26.7 Å². The van der Waals surface area contributed by atoms with Gasteiger partial charge in [0.15, 0.2) is 0 Å². The van der Waals surface area contributed by atoms with Gasteiger partial charge in [0.2, 0.25) is 5.91 Å². The van der Waals surface area contributed by atoms with Gasteiger partial charge in [-0.3, -0.25) is 9.69 Å². The number of amides is 1. The Morgan fingerprint density at radius 1 is 1.17 bits per heavy atom. The minimum absolute atomic E-state index is 0.0493. The first-order valence-electron chi connectivity index (χ1n) is 8.93. The smallest absolute Gasteiger partial charge is 0.489 e. The van der Waals surface area contributed by atoms with Gasteiger partial charge in [-0.2, -0.15) is 0 Å². The molecular weight excluding hydrogens is 409 g/mol. The van der Waals surface area contributed by atoms with Crippen LogP contribution >= 0.6 is 11.6 Å². The van der Waals surface area contributed by atoms with Gasteiger partial charge < -0.3 is 14.8 Å². The summed E-state index contributed by atoms with van der Waals surface area (Å²) in [5, 5.41) is 2.53. The maximum atomic E-state index is 12.4. The van der Waals surface area contributed by atoms with Gasteiger partial charge in [-0.25, -0.2) is 0 Å². The molecule has 0 aromatic heterocycles. The molecule has 1 fully saturated rings. The number of halogens is 4. The van der Waals surface area contributed by atoms with Crippen LogP contribution in [-0.2, 0) is 17.9 Å². The van der Waals surface area contributed by atoms with Gasteiger partial charge in [0.1, 0.15) is 18.1 Å². The summed E-state index contributed by atoms with van der Waals surface area (Å²) in [6.07, 6.45) is -4.81. The number of hydrogen-bond acceptors (Lipinski definition) is 4. The first kappa shape index (κ1) is 21.3. The lowest BCUT2D eigenvalue weighted by Crippen LogP contribution is -2.52. The molecule has 0 saturated carbocycles. The summed E-state index contributed by atoms with van der Waals surface area (Å²) in [4.78, 5) is 13.7. The molecule has 1 aliphatic rings. The first-order valence-corrected chi connectivity index (χ1v) is 9.31. The van der Waals surface area contributed by atoms with Crippen LogP contribution in [0.1, 0.15) is 11.1 Å². The largest absolute Gasteiger partial charge is 0.573 e. The van der Waals surface area contributed by atoms with Crippen LogP contribution in [0, 0.1) is 5.92 Å². The van der Waals surface area contributed by atoms with Crippen molar-refractivity contribution in [3.05, 3.63) is 58.6 Å². The highest BCUT2D eigenvalue weighted by Gasteiger charge is 2.32. The summed E-state index contributed by atoms with van der Waals surface area (Å²) in [5.41, 5.74) is 1.58. The normalized spacial score (nSPS) is 14.9. The fourth-order valence-corrected chi connectivity index (χ4v) is 3.18. The number of rotatable bonds is 7. The van der Waals surface area contributed by atoms with Crippen molar-refractivity contribution in [1.82, 2.24) is 10.2 Å². The molecule has 0 spiro atoms. The minimum atomic E-state index is -4.81. The number of alkyl halides is 3. The van der Waals surface area contributed by atoms with E-state index in [1.54, 1.807) is 25.2 Å². The lowest BCUT2D eigenvalue weighted by atomic mass is 9.98. The van der Waals surface area contributed by atoms with Gasteiger partial charge in [0.25, 0.3) is 0 Å². The summed E-state index contributed by atoms with van der Waals surface area (Å²) < 4.78 is 46.8. The Balaban J connectivity index is 1.51. The van der Waals surface area contributed by atoms with Crippen molar-refractivity contribution in [3.8, 4) is 11.5 Å². The predicted octanol–water partition coefficient (Wildman–Crippen LogP) is 4.00. The van der Waals surface area contributed by atoms with Crippen molar-refractivity contribution < 1.29 is 27.4 Å². The van der Waals surface area contributed by atoms with E-state index in [1.807, 2.05) is 12.1 Å². The van der Waals surface area contributed by atoms with Crippen molar-refractivity contribution in [3.63, 3.8) is 0 Å². The van der Waals surface area contributed by atoms with E-state index < -0.39 is 12.1 Å². The average Bonchev–Trinajstić information content (AvgIpc) is 2.64. The van der Waals surface area contributed by atoms with Crippen LogP contribution in [0.5, 0.6) is 11.5 Å². The van der Waals surface area contributed by atoms with E-state index in [1.165, 1.54) is 12.1 Å². The molecule has 2 aromatic rings. The van der Waals surface area contributed by atoms with Crippen molar-refractivity contribution in [2.75, 3.05) is 20.1 Å². The van der Waals surface area contributed by atoms with E-state index in [2.05, 4.69) is 15.0 Å². The Labute approximate surface area is 171 Å². The average molecular weight is 429 g/mol. The Bertz CT molecular complexity index is 853. The summed E-state index contributed by atoms with van der Waals surface area (Å²) in [5.74, 6) is 0.248. The third-order valence-corrected chi connectivity index (χ3v) is 4.84. The first-order chi connectivity index (χ1) is 13.7. The number of nitrogens with zero attached hydrogens (tertiary/aromatic N) is 1. The van der Waals surface area contributed by atoms with Gasteiger partial charge in [-0.15, -0.1) is 13.2 Å². The van der Waals surface area contributed by atoms with E-state index in [0.29, 0.717) is 11.3 Å². The molecule has 1 saturated heterocycles. The Morgan fingerprint density at radius 3 is 2.45 bits per heavy atom. The summed E-state index contributed by atoms with van der Waals surface area (Å²) in [6.45, 7) is 2.28. The highest BCUT2D eigenvalue weighted by molar-refractivity contribution is 6.32. The van der Waals surface area contributed by atoms with Crippen LogP contribution in [-0.4, -0.2) is 37.3 Å². The van der Waals surface area contributed by atoms with Crippen LogP contribution in [0.25, 0.3) is 0 Å². The molecule has 29 heavy (non-hydrogen) atoms. The monoisotopic (exact) mass is 428 g/mol. The number of carbonyl (C=O) groups excluding carboxylic acids is 1. The number of ether oxygens (including phenoxy) is 2. The van der Waals surface area contributed by atoms with E-state index in [9.17, 15) is 18.0 Å². The maximum absolute atomic E-state index is 12.4. The summed E-state index contributed by atoms with van der Waals surface area (Å²) >= 11 is 5.74. The zero-order valence-electron chi connectivity index (χ0n) is 15.6. The topological polar surface area (TPSA) is 50.8 Å².